The van der Waals surface area contributed by atoms with E-state index in [1.54, 1.807) is 0 Å². The van der Waals surface area contributed by atoms with E-state index < -0.39 is 0 Å². The van der Waals surface area contributed by atoms with Crippen molar-refractivity contribution in [1.29, 1.82) is 0 Å². The fourth-order valence-corrected chi connectivity index (χ4v) is 2.41. The van der Waals surface area contributed by atoms with Crippen LogP contribution in [0.3, 0.4) is 0 Å². The molecule has 1 aliphatic rings. The molecular formula is C15H19N3O. The molecule has 0 saturated heterocycles. The lowest BCUT2D eigenvalue weighted by Gasteiger charge is -2.21. The lowest BCUT2D eigenvalue weighted by molar-refractivity contribution is 0.307. The standard InChI is InChI=1S/C15H19N3O/c1-2-18-10-12(9-17-18)11-19-14-7-3-5-13-6-4-8-16-15(13)14/h3,5,7,9-10,16H,2,4,6,8,11H2,1H3. The van der Waals surface area contributed by atoms with E-state index in [0.29, 0.717) is 6.61 Å². The highest BCUT2D eigenvalue weighted by Gasteiger charge is 2.13. The fraction of sp³-hybridized carbons (Fsp3) is 0.400. The van der Waals surface area contributed by atoms with Crippen LogP contribution in [0.5, 0.6) is 5.75 Å². The predicted molar refractivity (Wildman–Crippen MR) is 75.5 cm³/mol. The highest BCUT2D eigenvalue weighted by molar-refractivity contribution is 5.63. The van der Waals surface area contributed by atoms with Gasteiger partial charge in [-0.1, -0.05) is 12.1 Å². The van der Waals surface area contributed by atoms with Gasteiger partial charge in [0.15, 0.2) is 0 Å². The first-order valence-electron chi connectivity index (χ1n) is 6.86. The number of para-hydroxylation sites is 1. The van der Waals surface area contributed by atoms with Gasteiger partial charge in [-0.15, -0.1) is 0 Å². The number of hydrogen-bond acceptors (Lipinski definition) is 3. The van der Waals surface area contributed by atoms with Crippen LogP contribution >= 0.6 is 0 Å². The fourth-order valence-electron chi connectivity index (χ4n) is 2.41. The number of ether oxygens (including phenoxy) is 1. The van der Waals surface area contributed by atoms with Crippen LogP contribution in [0, 0.1) is 0 Å². The quantitative estimate of drug-likeness (QED) is 0.915. The number of nitrogens with one attached hydrogen (secondary N) is 1. The van der Waals surface area contributed by atoms with Gasteiger partial charge in [-0.2, -0.15) is 5.10 Å². The molecule has 2 heterocycles. The molecule has 0 spiro atoms. The molecule has 0 radical (unpaired) electrons. The maximum atomic E-state index is 5.93. The summed E-state index contributed by atoms with van der Waals surface area (Å²) in [6.07, 6.45) is 6.22. The van der Waals surface area contributed by atoms with E-state index in [9.17, 15) is 0 Å². The zero-order chi connectivity index (χ0) is 13.1. The average molecular weight is 257 g/mol. The number of aromatic nitrogens is 2. The third-order valence-corrected chi connectivity index (χ3v) is 3.44. The van der Waals surface area contributed by atoms with E-state index in [1.165, 1.54) is 12.0 Å². The summed E-state index contributed by atoms with van der Waals surface area (Å²) in [6.45, 7) is 4.57. The third-order valence-electron chi connectivity index (χ3n) is 3.44. The van der Waals surface area contributed by atoms with Crippen LogP contribution in [0.1, 0.15) is 24.5 Å². The van der Waals surface area contributed by atoms with Gasteiger partial charge in [-0.05, 0) is 31.4 Å². The van der Waals surface area contributed by atoms with Crippen molar-refractivity contribution in [3.8, 4) is 5.75 Å². The van der Waals surface area contributed by atoms with Crippen LogP contribution in [0.15, 0.2) is 30.6 Å². The number of hydrogen-bond donors (Lipinski definition) is 1. The highest BCUT2D eigenvalue weighted by Crippen LogP contribution is 2.32. The summed E-state index contributed by atoms with van der Waals surface area (Å²) in [6, 6.07) is 6.27. The van der Waals surface area contributed by atoms with Crippen molar-refractivity contribution < 1.29 is 4.74 Å². The minimum atomic E-state index is 0.568. The second kappa shape index (κ2) is 5.34. The number of anilines is 1. The van der Waals surface area contributed by atoms with Crippen LogP contribution in [0.4, 0.5) is 5.69 Å². The Morgan fingerprint density at radius 1 is 1.42 bits per heavy atom. The lowest BCUT2D eigenvalue weighted by atomic mass is 10.0. The number of benzene rings is 1. The second-order valence-corrected chi connectivity index (χ2v) is 4.81. The summed E-state index contributed by atoms with van der Waals surface area (Å²) in [5.41, 5.74) is 3.62. The van der Waals surface area contributed by atoms with Gasteiger partial charge in [0.1, 0.15) is 12.4 Å². The first-order valence-corrected chi connectivity index (χ1v) is 6.86. The molecule has 1 aliphatic heterocycles. The van der Waals surface area contributed by atoms with Crippen LogP contribution in [-0.4, -0.2) is 16.3 Å². The van der Waals surface area contributed by atoms with Gasteiger partial charge >= 0.3 is 0 Å². The summed E-state index contributed by atoms with van der Waals surface area (Å²) in [4.78, 5) is 0. The molecule has 19 heavy (non-hydrogen) atoms. The summed E-state index contributed by atoms with van der Waals surface area (Å²) in [5, 5.41) is 7.69. The molecule has 4 heteroatoms. The molecule has 0 amide bonds. The largest absolute Gasteiger partial charge is 0.487 e. The van der Waals surface area contributed by atoms with E-state index in [1.807, 2.05) is 23.1 Å². The van der Waals surface area contributed by atoms with Crippen LogP contribution in [0.25, 0.3) is 0 Å². The number of nitrogens with zero attached hydrogens (tertiary/aromatic N) is 2. The summed E-state index contributed by atoms with van der Waals surface area (Å²) >= 11 is 0. The van der Waals surface area contributed by atoms with Gasteiger partial charge in [0.2, 0.25) is 0 Å². The number of aryl methyl sites for hydroxylation is 2. The first kappa shape index (κ1) is 12.1. The van der Waals surface area contributed by atoms with Gasteiger partial charge in [-0.25, -0.2) is 0 Å². The molecule has 100 valence electrons. The van der Waals surface area contributed by atoms with Crippen molar-refractivity contribution >= 4 is 5.69 Å². The molecule has 0 atom stereocenters. The van der Waals surface area contributed by atoms with Crippen molar-refractivity contribution in [2.24, 2.45) is 0 Å². The Labute approximate surface area is 113 Å². The Hall–Kier alpha value is -1.97. The van der Waals surface area contributed by atoms with Crippen LogP contribution < -0.4 is 10.1 Å². The van der Waals surface area contributed by atoms with Crippen molar-refractivity contribution in [3.63, 3.8) is 0 Å². The molecule has 0 bridgehead atoms. The van der Waals surface area contributed by atoms with E-state index in [0.717, 1.165) is 36.5 Å². The Morgan fingerprint density at radius 2 is 2.37 bits per heavy atom. The van der Waals surface area contributed by atoms with E-state index in [-0.39, 0.29) is 0 Å². The maximum absolute atomic E-state index is 5.93. The topological polar surface area (TPSA) is 39.1 Å². The third kappa shape index (κ3) is 2.57. The average Bonchev–Trinajstić information content (AvgIpc) is 2.93. The minimum absolute atomic E-state index is 0.568. The summed E-state index contributed by atoms with van der Waals surface area (Å²) < 4.78 is 7.85. The molecule has 0 aliphatic carbocycles. The lowest BCUT2D eigenvalue weighted by Crippen LogP contribution is -2.13. The minimum Gasteiger partial charge on any atom is -0.487 e. The Kier molecular flexibility index (Phi) is 3.40. The second-order valence-electron chi connectivity index (χ2n) is 4.81. The molecule has 1 aromatic carbocycles. The summed E-state index contributed by atoms with van der Waals surface area (Å²) in [7, 11) is 0. The summed E-state index contributed by atoms with van der Waals surface area (Å²) in [5.74, 6) is 0.946. The smallest absolute Gasteiger partial charge is 0.143 e. The molecule has 0 unspecified atom stereocenters. The zero-order valence-corrected chi connectivity index (χ0v) is 11.2. The molecule has 0 fully saturated rings. The number of rotatable bonds is 4. The molecule has 2 aromatic rings. The predicted octanol–water partition coefficient (Wildman–Crippen LogP) is 2.84. The van der Waals surface area contributed by atoms with E-state index in [4.69, 9.17) is 4.74 Å². The monoisotopic (exact) mass is 257 g/mol. The Bertz CT molecular complexity index is 562. The number of fused-ring (bicyclic) bond motifs is 1. The highest BCUT2D eigenvalue weighted by atomic mass is 16.5. The zero-order valence-electron chi connectivity index (χ0n) is 11.2. The van der Waals surface area contributed by atoms with Gasteiger partial charge in [0.25, 0.3) is 0 Å². The molecular weight excluding hydrogens is 238 g/mol. The maximum Gasteiger partial charge on any atom is 0.143 e. The molecule has 4 nitrogen and oxygen atoms in total. The Balaban J connectivity index is 1.73. The van der Waals surface area contributed by atoms with Gasteiger partial charge in [0, 0.05) is 24.8 Å². The molecule has 1 aromatic heterocycles. The van der Waals surface area contributed by atoms with Crippen molar-refractivity contribution in [2.75, 3.05) is 11.9 Å². The Morgan fingerprint density at radius 3 is 3.21 bits per heavy atom. The van der Waals surface area contributed by atoms with Gasteiger partial charge in [0.05, 0.1) is 11.9 Å². The van der Waals surface area contributed by atoms with Crippen molar-refractivity contribution in [2.45, 2.75) is 32.9 Å². The normalized spacial score (nSPS) is 13.7. The van der Waals surface area contributed by atoms with Crippen molar-refractivity contribution in [3.05, 3.63) is 41.7 Å². The van der Waals surface area contributed by atoms with Gasteiger partial charge < -0.3 is 10.1 Å². The van der Waals surface area contributed by atoms with Crippen molar-refractivity contribution in [1.82, 2.24) is 9.78 Å². The SMILES string of the molecule is CCn1cc(COc2cccc3c2NCCC3)cn1. The molecule has 1 N–H and O–H groups in total. The van der Waals surface area contributed by atoms with Crippen LogP contribution in [-0.2, 0) is 19.6 Å². The van der Waals surface area contributed by atoms with Gasteiger partial charge in [-0.3, -0.25) is 4.68 Å². The van der Waals surface area contributed by atoms with Crippen LogP contribution in [0.2, 0.25) is 0 Å². The molecule has 3 rings (SSSR count). The first-order chi connectivity index (χ1) is 9.36. The van der Waals surface area contributed by atoms with E-state index in [2.05, 4.69) is 29.5 Å². The molecule has 0 saturated carbocycles. The van der Waals surface area contributed by atoms with E-state index >= 15 is 0 Å².